The lowest BCUT2D eigenvalue weighted by Gasteiger charge is -2.28. The number of halogens is 2. The highest BCUT2D eigenvalue weighted by molar-refractivity contribution is 6.36. The monoisotopic (exact) mass is 442 g/mol. The molecule has 5 nitrogen and oxygen atoms in total. The molecule has 2 saturated carbocycles. The zero-order valence-corrected chi connectivity index (χ0v) is 17.6. The minimum Gasteiger partial charge on any atom is -0.323 e. The Hall–Kier alpha value is -2.37. The fraction of sp³-hybridized carbons (Fsp3) is 0.348. The number of imide groups is 1. The number of likely N-dealkylation sites (tertiary alicyclic amines) is 1. The van der Waals surface area contributed by atoms with E-state index in [-0.39, 0.29) is 42.0 Å². The van der Waals surface area contributed by atoms with Gasteiger partial charge in [-0.25, -0.2) is 0 Å². The molecule has 1 saturated heterocycles. The van der Waals surface area contributed by atoms with E-state index < -0.39 is 5.91 Å². The zero-order valence-electron chi connectivity index (χ0n) is 16.1. The van der Waals surface area contributed by atoms with Crippen molar-refractivity contribution >= 4 is 46.6 Å². The predicted molar refractivity (Wildman–Crippen MR) is 114 cm³/mol. The number of fused-ring (bicyclic) bond motifs is 5. The Morgan fingerprint density at radius 3 is 2.47 bits per heavy atom. The van der Waals surface area contributed by atoms with Crippen LogP contribution in [-0.4, -0.2) is 29.2 Å². The van der Waals surface area contributed by atoms with Crippen molar-refractivity contribution in [3.63, 3.8) is 0 Å². The van der Waals surface area contributed by atoms with Gasteiger partial charge in [-0.1, -0.05) is 53.5 Å². The lowest BCUT2D eigenvalue weighted by atomic mass is 9.73. The first-order valence-electron chi connectivity index (χ1n) is 10.1. The van der Waals surface area contributed by atoms with Crippen molar-refractivity contribution in [2.45, 2.75) is 18.8 Å². The summed E-state index contributed by atoms with van der Waals surface area (Å²) in [5, 5.41) is 3.43. The number of amides is 3. The molecular weight excluding hydrogens is 423 g/mol. The standard InChI is InChI=1S/C23H20Cl2N2O3/c24-14-6-7-18(17(25)10-14)26-19(28)11-27-22(29)20-13-8-15(12-4-2-1-3-5-12)16(9-13)21(20)23(27)30/h1-7,10,13,15-16,20-21H,8-9,11H2,(H,26,28)/t13-,15+,16+,20-,21-/m1/s1. The molecule has 3 fully saturated rings. The van der Waals surface area contributed by atoms with Crippen LogP contribution < -0.4 is 5.32 Å². The average Bonchev–Trinajstić information content (AvgIpc) is 3.39. The number of anilines is 1. The molecule has 0 spiro atoms. The van der Waals surface area contributed by atoms with E-state index in [1.165, 1.54) is 11.6 Å². The fourth-order valence-electron chi connectivity index (χ4n) is 5.68. The third kappa shape index (κ3) is 3.12. The van der Waals surface area contributed by atoms with Crippen molar-refractivity contribution in [1.29, 1.82) is 0 Å². The lowest BCUT2D eigenvalue weighted by molar-refractivity contribution is -0.143. The van der Waals surface area contributed by atoms with Gasteiger partial charge in [0.15, 0.2) is 0 Å². The number of benzene rings is 2. The summed E-state index contributed by atoms with van der Waals surface area (Å²) in [6, 6.07) is 14.9. The van der Waals surface area contributed by atoms with Gasteiger partial charge in [0.05, 0.1) is 22.5 Å². The van der Waals surface area contributed by atoms with Crippen LogP contribution in [-0.2, 0) is 14.4 Å². The van der Waals surface area contributed by atoms with Crippen LogP contribution in [0.15, 0.2) is 48.5 Å². The Morgan fingerprint density at radius 1 is 1.00 bits per heavy atom. The highest BCUT2D eigenvalue weighted by Crippen LogP contribution is 2.61. The Kier molecular flexibility index (Phi) is 4.83. The molecular formula is C23H20Cl2N2O3. The molecule has 2 aliphatic carbocycles. The first kappa shape index (κ1) is 19.6. The van der Waals surface area contributed by atoms with E-state index in [1.807, 2.05) is 18.2 Å². The van der Waals surface area contributed by atoms with E-state index in [9.17, 15) is 14.4 Å². The summed E-state index contributed by atoms with van der Waals surface area (Å²) in [5.74, 6) is -0.790. The maximum absolute atomic E-state index is 13.1. The first-order valence-corrected chi connectivity index (χ1v) is 10.8. The maximum atomic E-state index is 13.1. The highest BCUT2D eigenvalue weighted by atomic mass is 35.5. The molecule has 2 aromatic carbocycles. The second kappa shape index (κ2) is 7.40. The summed E-state index contributed by atoms with van der Waals surface area (Å²) in [5.41, 5.74) is 1.63. The second-order valence-electron chi connectivity index (χ2n) is 8.40. The molecule has 1 aliphatic heterocycles. The minimum atomic E-state index is -0.451. The number of nitrogens with one attached hydrogen (secondary N) is 1. The summed E-state index contributed by atoms with van der Waals surface area (Å²) in [4.78, 5) is 39.8. The van der Waals surface area contributed by atoms with Crippen LogP contribution in [0.2, 0.25) is 10.0 Å². The molecule has 5 atom stereocenters. The molecule has 1 N–H and O–H groups in total. The molecule has 0 unspecified atom stereocenters. The van der Waals surface area contributed by atoms with Gasteiger partial charge < -0.3 is 5.32 Å². The molecule has 0 aromatic heterocycles. The van der Waals surface area contributed by atoms with Crippen molar-refractivity contribution in [3.8, 4) is 0 Å². The summed E-state index contributed by atoms with van der Waals surface area (Å²) < 4.78 is 0. The Morgan fingerprint density at radius 2 is 1.73 bits per heavy atom. The van der Waals surface area contributed by atoms with Crippen molar-refractivity contribution < 1.29 is 14.4 Å². The van der Waals surface area contributed by atoms with E-state index in [0.29, 0.717) is 21.7 Å². The van der Waals surface area contributed by atoms with Crippen LogP contribution in [0.1, 0.15) is 24.3 Å². The maximum Gasteiger partial charge on any atom is 0.244 e. The van der Waals surface area contributed by atoms with E-state index in [1.54, 1.807) is 12.1 Å². The molecule has 5 rings (SSSR count). The van der Waals surface area contributed by atoms with Crippen LogP contribution in [0.5, 0.6) is 0 Å². The van der Waals surface area contributed by atoms with E-state index in [2.05, 4.69) is 17.4 Å². The highest BCUT2D eigenvalue weighted by Gasteiger charge is 2.63. The molecule has 7 heteroatoms. The van der Waals surface area contributed by atoms with Gasteiger partial charge in [-0.15, -0.1) is 0 Å². The van der Waals surface area contributed by atoms with E-state index in [0.717, 1.165) is 17.7 Å². The lowest BCUT2D eigenvalue weighted by Crippen LogP contribution is -2.39. The van der Waals surface area contributed by atoms with Gasteiger partial charge in [-0.3, -0.25) is 19.3 Å². The van der Waals surface area contributed by atoms with Crippen LogP contribution in [0.25, 0.3) is 0 Å². The van der Waals surface area contributed by atoms with Gasteiger partial charge in [0.1, 0.15) is 6.54 Å². The Labute approximate surface area is 184 Å². The van der Waals surface area contributed by atoms with Gasteiger partial charge in [0, 0.05) is 5.02 Å². The van der Waals surface area contributed by atoms with Crippen LogP contribution in [0, 0.1) is 23.7 Å². The summed E-state index contributed by atoms with van der Waals surface area (Å²) >= 11 is 12.0. The van der Waals surface area contributed by atoms with Crippen LogP contribution in [0.3, 0.4) is 0 Å². The molecule has 3 amide bonds. The number of hydrogen-bond acceptors (Lipinski definition) is 3. The zero-order chi connectivity index (χ0) is 21.0. The molecule has 2 bridgehead atoms. The van der Waals surface area contributed by atoms with Gasteiger partial charge in [0.25, 0.3) is 0 Å². The third-order valence-electron chi connectivity index (χ3n) is 6.84. The number of nitrogens with zero attached hydrogens (tertiary/aromatic N) is 1. The number of carbonyl (C=O) groups is 3. The van der Waals surface area contributed by atoms with E-state index in [4.69, 9.17) is 23.2 Å². The van der Waals surface area contributed by atoms with Gasteiger partial charge in [-0.2, -0.15) is 0 Å². The fourth-order valence-corrected chi connectivity index (χ4v) is 6.14. The van der Waals surface area contributed by atoms with Crippen molar-refractivity contribution in [1.82, 2.24) is 4.90 Å². The number of carbonyl (C=O) groups excluding carboxylic acids is 3. The molecule has 3 aliphatic rings. The smallest absolute Gasteiger partial charge is 0.244 e. The molecule has 1 heterocycles. The number of hydrogen-bond donors (Lipinski definition) is 1. The van der Waals surface area contributed by atoms with Crippen molar-refractivity contribution in [2.24, 2.45) is 23.7 Å². The van der Waals surface area contributed by atoms with E-state index >= 15 is 0 Å². The topological polar surface area (TPSA) is 66.5 Å². The Balaban J connectivity index is 1.31. The quantitative estimate of drug-likeness (QED) is 0.715. The van der Waals surface area contributed by atoms with Crippen molar-refractivity contribution in [2.75, 3.05) is 11.9 Å². The first-order chi connectivity index (χ1) is 14.4. The van der Waals surface area contributed by atoms with Crippen LogP contribution in [0.4, 0.5) is 5.69 Å². The second-order valence-corrected chi connectivity index (χ2v) is 9.24. The number of rotatable bonds is 4. The molecule has 30 heavy (non-hydrogen) atoms. The van der Waals surface area contributed by atoms with Gasteiger partial charge in [-0.05, 0) is 54.4 Å². The largest absolute Gasteiger partial charge is 0.323 e. The predicted octanol–water partition coefficient (Wildman–Crippen LogP) is 4.36. The molecule has 2 aromatic rings. The van der Waals surface area contributed by atoms with Crippen LogP contribution >= 0.6 is 23.2 Å². The van der Waals surface area contributed by atoms with Gasteiger partial charge in [0.2, 0.25) is 17.7 Å². The summed E-state index contributed by atoms with van der Waals surface area (Å²) in [6.07, 6.45) is 1.84. The minimum absolute atomic E-state index is 0.164. The molecule has 0 radical (unpaired) electrons. The Bertz CT molecular complexity index is 1040. The van der Waals surface area contributed by atoms with Crippen molar-refractivity contribution in [3.05, 3.63) is 64.1 Å². The summed E-state index contributed by atoms with van der Waals surface area (Å²) in [6.45, 7) is -0.293. The molecule has 154 valence electrons. The normalized spacial score (nSPS) is 29.4. The SMILES string of the molecule is O=C(CN1C(=O)[C@@H]2[C@H]3C[C@H]([C@H]2C1=O)[C@H](c1ccccc1)C3)Nc1ccc(Cl)cc1Cl. The average molecular weight is 443 g/mol. The van der Waals surface area contributed by atoms with Gasteiger partial charge >= 0.3 is 0 Å². The third-order valence-corrected chi connectivity index (χ3v) is 7.39. The summed E-state index contributed by atoms with van der Waals surface area (Å²) in [7, 11) is 0.